The van der Waals surface area contributed by atoms with Crippen LogP contribution in [-0.4, -0.2) is 30.7 Å². The molecule has 1 aromatic carbocycles. The number of rotatable bonds is 3. The molecule has 18 heavy (non-hydrogen) atoms. The van der Waals surface area contributed by atoms with Gasteiger partial charge in [-0.05, 0) is 18.4 Å². The van der Waals surface area contributed by atoms with E-state index in [-0.39, 0.29) is 18.1 Å². The first-order chi connectivity index (χ1) is 8.77. The fourth-order valence-electron chi connectivity index (χ4n) is 2.70. The molecule has 3 nitrogen and oxygen atoms in total. The number of benzene rings is 1. The zero-order chi connectivity index (χ0) is 13.0. The number of carbonyl (C=O) groups excluding carboxylic acids is 1. The monoisotopic (exact) mass is 245 g/mol. The number of methoxy groups -OCH3 is 1. The van der Waals surface area contributed by atoms with Crippen molar-refractivity contribution in [2.45, 2.75) is 24.8 Å². The molecular weight excluding hydrogens is 226 g/mol. The number of ether oxygens (including phenoxy) is 1. The number of amides is 1. The van der Waals surface area contributed by atoms with E-state index in [0.717, 1.165) is 19.4 Å². The van der Waals surface area contributed by atoms with Crippen molar-refractivity contribution in [3.63, 3.8) is 0 Å². The third kappa shape index (κ3) is 2.40. The van der Waals surface area contributed by atoms with Gasteiger partial charge in [-0.3, -0.25) is 0 Å². The normalized spacial score (nSPS) is 20.5. The van der Waals surface area contributed by atoms with Crippen LogP contribution in [0.1, 0.15) is 24.3 Å². The fourth-order valence-corrected chi connectivity index (χ4v) is 2.70. The fraction of sp³-hybridized carbons (Fsp3) is 0.400. The lowest BCUT2D eigenvalue weighted by molar-refractivity contribution is 0.116. The summed E-state index contributed by atoms with van der Waals surface area (Å²) in [6, 6.07) is 10.4. The van der Waals surface area contributed by atoms with Gasteiger partial charge in [0.05, 0.1) is 7.11 Å². The maximum Gasteiger partial charge on any atom is 0.409 e. The number of nitrogens with zero attached hydrogens (tertiary/aromatic N) is 1. The highest BCUT2D eigenvalue weighted by Gasteiger charge is 2.34. The standard InChI is InChI=1S/C15H19NO2/c1-3-13(12-8-5-4-6-9-12)14-10-7-11-16(14)15(17)18-2/h3-6,8-9,13-14H,1,7,10-11H2,2H3. The van der Waals surface area contributed by atoms with Crippen molar-refractivity contribution in [2.75, 3.05) is 13.7 Å². The van der Waals surface area contributed by atoms with Gasteiger partial charge >= 0.3 is 6.09 Å². The van der Waals surface area contributed by atoms with Gasteiger partial charge in [0, 0.05) is 18.5 Å². The van der Waals surface area contributed by atoms with Gasteiger partial charge in [-0.1, -0.05) is 36.4 Å². The van der Waals surface area contributed by atoms with Crippen LogP contribution in [0.4, 0.5) is 4.79 Å². The number of hydrogen-bond acceptors (Lipinski definition) is 2. The summed E-state index contributed by atoms with van der Waals surface area (Å²) in [5, 5.41) is 0. The predicted octanol–water partition coefficient (Wildman–Crippen LogP) is 3.19. The van der Waals surface area contributed by atoms with E-state index in [4.69, 9.17) is 4.74 Å². The Morgan fingerprint density at radius 1 is 1.50 bits per heavy atom. The van der Waals surface area contributed by atoms with Crippen LogP contribution in [0.3, 0.4) is 0 Å². The molecule has 0 N–H and O–H groups in total. The number of carbonyl (C=O) groups is 1. The average molecular weight is 245 g/mol. The topological polar surface area (TPSA) is 29.5 Å². The third-order valence-electron chi connectivity index (χ3n) is 3.56. The van der Waals surface area contributed by atoms with E-state index < -0.39 is 0 Å². The maximum absolute atomic E-state index is 11.7. The summed E-state index contributed by atoms with van der Waals surface area (Å²) in [5.74, 6) is 0.174. The van der Waals surface area contributed by atoms with Gasteiger partial charge in [0.2, 0.25) is 0 Å². The van der Waals surface area contributed by atoms with Gasteiger partial charge in [0.15, 0.2) is 0 Å². The lowest BCUT2D eigenvalue weighted by atomic mass is 9.90. The molecule has 1 aliphatic heterocycles. The van der Waals surface area contributed by atoms with Crippen LogP contribution in [0, 0.1) is 0 Å². The second-order valence-electron chi connectivity index (χ2n) is 4.55. The summed E-state index contributed by atoms with van der Waals surface area (Å²) in [6.45, 7) is 4.70. The summed E-state index contributed by atoms with van der Waals surface area (Å²) in [4.78, 5) is 13.6. The highest BCUT2D eigenvalue weighted by molar-refractivity contribution is 5.68. The first-order valence-electron chi connectivity index (χ1n) is 6.30. The summed E-state index contributed by atoms with van der Waals surface area (Å²) in [5.41, 5.74) is 1.20. The van der Waals surface area contributed by atoms with E-state index in [1.54, 1.807) is 0 Å². The molecule has 1 saturated heterocycles. The molecule has 2 unspecified atom stereocenters. The van der Waals surface area contributed by atoms with Crippen LogP contribution in [0.25, 0.3) is 0 Å². The Labute approximate surface area is 108 Å². The highest BCUT2D eigenvalue weighted by Crippen LogP contribution is 2.32. The van der Waals surface area contributed by atoms with Crippen LogP contribution in [0.5, 0.6) is 0 Å². The predicted molar refractivity (Wildman–Crippen MR) is 71.5 cm³/mol. The molecule has 0 saturated carbocycles. The Bertz CT molecular complexity index is 416. The molecule has 0 bridgehead atoms. The van der Waals surface area contributed by atoms with E-state index in [0.29, 0.717) is 0 Å². The molecule has 2 atom stereocenters. The third-order valence-corrected chi connectivity index (χ3v) is 3.56. The van der Waals surface area contributed by atoms with Gasteiger partial charge in [-0.2, -0.15) is 0 Å². The summed E-state index contributed by atoms with van der Waals surface area (Å²) in [7, 11) is 1.43. The van der Waals surface area contributed by atoms with Crippen LogP contribution in [0.15, 0.2) is 43.0 Å². The molecule has 1 heterocycles. The quantitative estimate of drug-likeness (QED) is 0.765. The molecule has 1 fully saturated rings. The van der Waals surface area contributed by atoms with E-state index in [1.165, 1.54) is 12.7 Å². The minimum Gasteiger partial charge on any atom is -0.453 e. The molecule has 0 radical (unpaired) electrons. The molecule has 1 amide bonds. The molecule has 0 spiro atoms. The molecular formula is C15H19NO2. The lowest BCUT2D eigenvalue weighted by Gasteiger charge is -2.29. The van der Waals surface area contributed by atoms with Gasteiger partial charge < -0.3 is 9.64 Å². The van der Waals surface area contributed by atoms with E-state index in [9.17, 15) is 4.79 Å². The van der Waals surface area contributed by atoms with Gasteiger partial charge in [0.25, 0.3) is 0 Å². The van der Waals surface area contributed by atoms with Crippen LogP contribution < -0.4 is 0 Å². The summed E-state index contributed by atoms with van der Waals surface area (Å²) in [6.07, 6.45) is 3.72. The Balaban J connectivity index is 2.22. The molecule has 0 aliphatic carbocycles. The van der Waals surface area contributed by atoms with E-state index in [2.05, 4.69) is 18.7 Å². The molecule has 1 aliphatic rings. The maximum atomic E-state index is 11.7. The van der Waals surface area contributed by atoms with E-state index >= 15 is 0 Å². The van der Waals surface area contributed by atoms with Crippen molar-refractivity contribution in [1.82, 2.24) is 4.90 Å². The van der Waals surface area contributed by atoms with Gasteiger partial charge in [-0.25, -0.2) is 4.79 Å². The first kappa shape index (κ1) is 12.7. The van der Waals surface area contributed by atoms with Crippen molar-refractivity contribution < 1.29 is 9.53 Å². The highest BCUT2D eigenvalue weighted by atomic mass is 16.5. The van der Waals surface area contributed by atoms with Gasteiger partial charge in [0.1, 0.15) is 0 Å². The summed E-state index contributed by atoms with van der Waals surface area (Å²) >= 11 is 0. The first-order valence-corrected chi connectivity index (χ1v) is 6.30. The van der Waals surface area contributed by atoms with E-state index in [1.807, 2.05) is 29.2 Å². The second kappa shape index (κ2) is 5.71. The van der Waals surface area contributed by atoms with Crippen molar-refractivity contribution >= 4 is 6.09 Å². The molecule has 0 aromatic heterocycles. The Morgan fingerprint density at radius 2 is 2.22 bits per heavy atom. The smallest absolute Gasteiger partial charge is 0.409 e. The van der Waals surface area contributed by atoms with Gasteiger partial charge in [-0.15, -0.1) is 6.58 Å². The molecule has 3 heteroatoms. The minimum atomic E-state index is -0.236. The zero-order valence-electron chi connectivity index (χ0n) is 10.7. The lowest BCUT2D eigenvalue weighted by Crippen LogP contribution is -2.38. The Morgan fingerprint density at radius 3 is 2.83 bits per heavy atom. The second-order valence-corrected chi connectivity index (χ2v) is 4.55. The Hall–Kier alpha value is -1.77. The zero-order valence-corrected chi connectivity index (χ0v) is 10.7. The largest absolute Gasteiger partial charge is 0.453 e. The van der Waals surface area contributed by atoms with Crippen LogP contribution in [0.2, 0.25) is 0 Å². The van der Waals surface area contributed by atoms with Crippen molar-refractivity contribution in [3.8, 4) is 0 Å². The van der Waals surface area contributed by atoms with Crippen molar-refractivity contribution in [1.29, 1.82) is 0 Å². The van der Waals surface area contributed by atoms with Crippen LogP contribution >= 0.6 is 0 Å². The molecule has 2 rings (SSSR count). The molecule has 96 valence electrons. The minimum absolute atomic E-state index is 0.164. The van der Waals surface area contributed by atoms with Crippen molar-refractivity contribution in [3.05, 3.63) is 48.6 Å². The average Bonchev–Trinajstić information content (AvgIpc) is 2.89. The van der Waals surface area contributed by atoms with Crippen LogP contribution in [-0.2, 0) is 4.74 Å². The number of likely N-dealkylation sites (tertiary alicyclic amines) is 1. The number of hydrogen-bond donors (Lipinski definition) is 0. The van der Waals surface area contributed by atoms with Crippen molar-refractivity contribution in [2.24, 2.45) is 0 Å². The Kier molecular flexibility index (Phi) is 4.03. The molecule has 1 aromatic rings. The summed E-state index contributed by atoms with van der Waals surface area (Å²) < 4.78 is 4.85. The SMILES string of the molecule is C=CC(c1ccccc1)C1CCCN1C(=O)OC.